The number of methoxy groups -OCH3 is 1. The number of hydrogen-bond donors (Lipinski definition) is 1. The molecule has 1 aromatic carbocycles. The summed E-state index contributed by atoms with van der Waals surface area (Å²) in [6.45, 7) is 3.02. The molecule has 0 aliphatic heterocycles. The van der Waals surface area contributed by atoms with Crippen molar-refractivity contribution in [2.75, 3.05) is 19.0 Å². The van der Waals surface area contributed by atoms with E-state index in [0.29, 0.717) is 6.42 Å². The Morgan fingerprint density at radius 1 is 1.35 bits per heavy atom. The van der Waals surface area contributed by atoms with Crippen LogP contribution >= 0.6 is 15.9 Å². The molecular formula is C15H18BrN3O. The predicted molar refractivity (Wildman–Crippen MR) is 84.3 cm³/mol. The van der Waals surface area contributed by atoms with Crippen molar-refractivity contribution in [1.29, 1.82) is 0 Å². The number of nitrogens with zero attached hydrogens (tertiary/aromatic N) is 2. The third-order valence-corrected chi connectivity index (χ3v) is 3.41. The minimum atomic E-state index is 0.686. The molecule has 1 N–H and O–H groups in total. The van der Waals surface area contributed by atoms with Gasteiger partial charge in [-0.25, -0.2) is 9.97 Å². The van der Waals surface area contributed by atoms with Crippen molar-refractivity contribution >= 4 is 21.7 Å². The van der Waals surface area contributed by atoms with E-state index in [-0.39, 0.29) is 0 Å². The van der Waals surface area contributed by atoms with Crippen LogP contribution in [0.15, 0.2) is 34.9 Å². The number of aromatic nitrogens is 2. The van der Waals surface area contributed by atoms with E-state index >= 15 is 0 Å². The van der Waals surface area contributed by atoms with E-state index in [1.54, 1.807) is 13.3 Å². The van der Waals surface area contributed by atoms with Crippen LogP contribution in [0.3, 0.4) is 0 Å². The lowest BCUT2D eigenvalue weighted by Gasteiger charge is -2.08. The van der Waals surface area contributed by atoms with E-state index < -0.39 is 0 Å². The van der Waals surface area contributed by atoms with Crippen LogP contribution in [0.4, 0.5) is 5.82 Å². The molecule has 0 aliphatic carbocycles. The molecule has 0 atom stereocenters. The fourth-order valence-corrected chi connectivity index (χ4v) is 2.15. The van der Waals surface area contributed by atoms with Crippen molar-refractivity contribution in [1.82, 2.24) is 9.97 Å². The number of ether oxygens (including phenoxy) is 1. The highest BCUT2D eigenvalue weighted by Crippen LogP contribution is 2.20. The van der Waals surface area contributed by atoms with Crippen molar-refractivity contribution in [3.8, 4) is 5.75 Å². The molecule has 0 spiro atoms. The average molecular weight is 336 g/mol. The lowest BCUT2D eigenvalue weighted by atomic mass is 10.1. The Morgan fingerprint density at radius 2 is 2.20 bits per heavy atom. The van der Waals surface area contributed by atoms with Crippen LogP contribution in [-0.2, 0) is 6.42 Å². The molecule has 1 heterocycles. The first-order valence-electron chi connectivity index (χ1n) is 6.61. The van der Waals surface area contributed by atoms with E-state index in [0.717, 1.165) is 40.4 Å². The van der Waals surface area contributed by atoms with Crippen molar-refractivity contribution < 1.29 is 4.74 Å². The zero-order valence-electron chi connectivity index (χ0n) is 11.7. The second-order valence-corrected chi connectivity index (χ2v) is 5.29. The second kappa shape index (κ2) is 7.24. The first-order chi connectivity index (χ1) is 9.72. The average Bonchev–Trinajstić information content (AvgIpc) is 2.48. The smallest absolute Gasteiger partial charge is 0.144 e. The van der Waals surface area contributed by atoms with Gasteiger partial charge in [0.05, 0.1) is 11.6 Å². The highest BCUT2D eigenvalue weighted by atomic mass is 79.9. The lowest BCUT2D eigenvalue weighted by molar-refractivity contribution is 0.414. The maximum Gasteiger partial charge on any atom is 0.144 e. The van der Waals surface area contributed by atoms with Crippen LogP contribution in [0.1, 0.15) is 24.7 Å². The van der Waals surface area contributed by atoms with Crippen LogP contribution in [0, 0.1) is 0 Å². The van der Waals surface area contributed by atoms with Gasteiger partial charge in [-0.3, -0.25) is 0 Å². The summed E-state index contributed by atoms with van der Waals surface area (Å²) in [6.07, 6.45) is 3.54. The van der Waals surface area contributed by atoms with Gasteiger partial charge in [0.15, 0.2) is 0 Å². The third-order valence-electron chi connectivity index (χ3n) is 2.83. The molecule has 0 bridgehead atoms. The molecule has 4 nitrogen and oxygen atoms in total. The van der Waals surface area contributed by atoms with E-state index in [1.165, 1.54) is 0 Å². The number of hydrogen-bond acceptors (Lipinski definition) is 4. The van der Waals surface area contributed by atoms with E-state index in [9.17, 15) is 0 Å². The second-order valence-electron chi connectivity index (χ2n) is 4.44. The van der Waals surface area contributed by atoms with Crippen LogP contribution in [-0.4, -0.2) is 23.6 Å². The molecule has 2 rings (SSSR count). The minimum Gasteiger partial charge on any atom is -0.497 e. The topological polar surface area (TPSA) is 47.0 Å². The van der Waals surface area contributed by atoms with E-state index in [2.05, 4.69) is 38.1 Å². The van der Waals surface area contributed by atoms with Gasteiger partial charge in [0.1, 0.15) is 17.4 Å². The van der Waals surface area contributed by atoms with Gasteiger partial charge in [0.2, 0.25) is 0 Å². The predicted octanol–water partition coefficient (Wildman–Crippen LogP) is 3.66. The summed E-state index contributed by atoms with van der Waals surface area (Å²) in [5.74, 6) is 2.49. The summed E-state index contributed by atoms with van der Waals surface area (Å²) in [5.41, 5.74) is 1.13. The summed E-state index contributed by atoms with van der Waals surface area (Å²) in [6, 6.07) is 7.96. The molecule has 0 aliphatic rings. The summed E-state index contributed by atoms with van der Waals surface area (Å²) in [5, 5.41) is 3.29. The number of benzene rings is 1. The SMILES string of the molecule is CCCNc1nc(Cc2cccc(OC)c2)ncc1Br. The highest BCUT2D eigenvalue weighted by molar-refractivity contribution is 9.10. The van der Waals surface area contributed by atoms with Crippen LogP contribution in [0.2, 0.25) is 0 Å². The van der Waals surface area contributed by atoms with Gasteiger partial charge >= 0.3 is 0 Å². The minimum absolute atomic E-state index is 0.686. The summed E-state index contributed by atoms with van der Waals surface area (Å²) >= 11 is 3.46. The monoisotopic (exact) mass is 335 g/mol. The molecule has 2 aromatic rings. The van der Waals surface area contributed by atoms with Gasteiger partial charge in [-0.15, -0.1) is 0 Å². The Bertz CT molecular complexity index is 575. The molecule has 0 amide bonds. The molecule has 0 radical (unpaired) electrons. The van der Waals surface area contributed by atoms with Crippen molar-refractivity contribution in [3.63, 3.8) is 0 Å². The molecule has 0 unspecified atom stereocenters. The highest BCUT2D eigenvalue weighted by Gasteiger charge is 2.06. The van der Waals surface area contributed by atoms with Crippen molar-refractivity contribution in [3.05, 3.63) is 46.3 Å². The van der Waals surface area contributed by atoms with Crippen LogP contribution in [0.25, 0.3) is 0 Å². The van der Waals surface area contributed by atoms with Crippen LogP contribution < -0.4 is 10.1 Å². The van der Waals surface area contributed by atoms with Crippen molar-refractivity contribution in [2.24, 2.45) is 0 Å². The molecule has 5 heteroatoms. The molecule has 0 saturated carbocycles. The number of halogens is 1. The zero-order valence-corrected chi connectivity index (χ0v) is 13.3. The molecule has 1 aromatic heterocycles. The Labute approximate surface area is 127 Å². The number of anilines is 1. The Kier molecular flexibility index (Phi) is 5.35. The third kappa shape index (κ3) is 3.93. The van der Waals surface area contributed by atoms with Gasteiger partial charge in [0, 0.05) is 19.2 Å². The summed E-state index contributed by atoms with van der Waals surface area (Å²) in [7, 11) is 1.67. The maximum absolute atomic E-state index is 5.23. The van der Waals surface area contributed by atoms with E-state index in [4.69, 9.17) is 4.74 Å². The Hall–Kier alpha value is -1.62. The van der Waals surface area contributed by atoms with Gasteiger partial charge in [-0.1, -0.05) is 19.1 Å². The van der Waals surface area contributed by atoms with Gasteiger partial charge < -0.3 is 10.1 Å². The standard InChI is InChI=1S/C15H18BrN3O/c1-3-7-17-15-13(16)10-18-14(19-15)9-11-5-4-6-12(8-11)20-2/h4-6,8,10H,3,7,9H2,1-2H3,(H,17,18,19). The lowest BCUT2D eigenvalue weighted by Crippen LogP contribution is -2.06. The number of rotatable bonds is 6. The summed E-state index contributed by atoms with van der Waals surface area (Å²) in [4.78, 5) is 8.91. The quantitative estimate of drug-likeness (QED) is 0.875. The molecule has 0 fully saturated rings. The Balaban J connectivity index is 2.16. The normalized spacial score (nSPS) is 10.3. The molecule has 0 saturated heterocycles. The van der Waals surface area contributed by atoms with Gasteiger partial charge in [-0.2, -0.15) is 0 Å². The fraction of sp³-hybridized carbons (Fsp3) is 0.333. The van der Waals surface area contributed by atoms with E-state index in [1.807, 2.05) is 24.3 Å². The van der Waals surface area contributed by atoms with Crippen molar-refractivity contribution in [2.45, 2.75) is 19.8 Å². The fourth-order valence-electron chi connectivity index (χ4n) is 1.82. The van der Waals surface area contributed by atoms with Crippen LogP contribution in [0.5, 0.6) is 5.75 Å². The number of nitrogens with one attached hydrogen (secondary N) is 1. The summed E-state index contributed by atoms with van der Waals surface area (Å²) < 4.78 is 6.12. The van der Waals surface area contributed by atoms with Gasteiger partial charge in [-0.05, 0) is 40.0 Å². The molecule has 20 heavy (non-hydrogen) atoms. The largest absolute Gasteiger partial charge is 0.497 e. The Morgan fingerprint density at radius 3 is 2.95 bits per heavy atom. The first kappa shape index (κ1) is 14.8. The molecular weight excluding hydrogens is 318 g/mol. The zero-order chi connectivity index (χ0) is 14.4. The molecule has 106 valence electrons. The first-order valence-corrected chi connectivity index (χ1v) is 7.40. The maximum atomic E-state index is 5.23. The van der Waals surface area contributed by atoms with Gasteiger partial charge in [0.25, 0.3) is 0 Å².